The highest BCUT2D eigenvalue weighted by atomic mass is 35.5. The monoisotopic (exact) mass is 313 g/mol. The molecule has 0 bridgehead atoms. The standard InChI is InChI=1S/C15H19NO4.ClH/c1-18-13-5-4-11(8-12(13)10-16)9-15(14(17)19-2)6-3-7-20-15;/h3-6,8H,7,9-10,16H2,1-2H3;1H. The van der Waals surface area contributed by atoms with Gasteiger partial charge in [-0.15, -0.1) is 12.4 Å². The van der Waals surface area contributed by atoms with E-state index in [-0.39, 0.29) is 12.4 Å². The van der Waals surface area contributed by atoms with Crippen LogP contribution >= 0.6 is 12.4 Å². The summed E-state index contributed by atoms with van der Waals surface area (Å²) in [5, 5.41) is 0. The number of rotatable bonds is 5. The zero-order valence-corrected chi connectivity index (χ0v) is 12.9. The van der Waals surface area contributed by atoms with E-state index in [4.69, 9.17) is 19.9 Å². The van der Waals surface area contributed by atoms with E-state index in [1.165, 1.54) is 7.11 Å². The van der Waals surface area contributed by atoms with E-state index < -0.39 is 11.6 Å². The van der Waals surface area contributed by atoms with Crippen LogP contribution in [-0.2, 0) is 27.2 Å². The van der Waals surface area contributed by atoms with Crippen LogP contribution < -0.4 is 10.5 Å². The predicted molar refractivity (Wildman–Crippen MR) is 81.7 cm³/mol. The van der Waals surface area contributed by atoms with Gasteiger partial charge in [-0.25, -0.2) is 4.79 Å². The van der Waals surface area contributed by atoms with Crippen molar-refractivity contribution in [3.63, 3.8) is 0 Å². The van der Waals surface area contributed by atoms with Crippen molar-refractivity contribution < 1.29 is 19.0 Å². The van der Waals surface area contributed by atoms with Crippen LogP contribution in [0.1, 0.15) is 11.1 Å². The summed E-state index contributed by atoms with van der Waals surface area (Å²) >= 11 is 0. The molecule has 0 saturated carbocycles. The SMILES string of the molecule is COC(=O)C1(Cc2ccc(OC)c(CN)c2)C=CCO1.Cl. The predicted octanol–water partition coefficient (Wildman–Crippen LogP) is 1.62. The van der Waals surface area contributed by atoms with Crippen molar-refractivity contribution >= 4 is 18.4 Å². The van der Waals surface area contributed by atoms with Gasteiger partial charge >= 0.3 is 5.97 Å². The lowest BCUT2D eigenvalue weighted by Crippen LogP contribution is -2.40. The quantitative estimate of drug-likeness (QED) is 0.660. The van der Waals surface area contributed by atoms with E-state index in [2.05, 4.69) is 0 Å². The van der Waals surface area contributed by atoms with Gasteiger partial charge in [0.1, 0.15) is 5.75 Å². The molecular formula is C15H20ClNO4. The van der Waals surface area contributed by atoms with Crippen LogP contribution in [0.4, 0.5) is 0 Å². The molecule has 0 radical (unpaired) electrons. The van der Waals surface area contributed by atoms with Gasteiger partial charge in [0.25, 0.3) is 0 Å². The maximum absolute atomic E-state index is 12.0. The van der Waals surface area contributed by atoms with E-state index in [9.17, 15) is 4.79 Å². The fourth-order valence-corrected chi connectivity index (χ4v) is 2.37. The van der Waals surface area contributed by atoms with Gasteiger partial charge in [-0.3, -0.25) is 0 Å². The van der Waals surface area contributed by atoms with E-state index in [1.807, 2.05) is 24.3 Å². The largest absolute Gasteiger partial charge is 0.496 e. The lowest BCUT2D eigenvalue weighted by molar-refractivity contribution is -0.160. The van der Waals surface area contributed by atoms with Gasteiger partial charge in [0.05, 0.1) is 20.8 Å². The first-order valence-electron chi connectivity index (χ1n) is 6.41. The maximum atomic E-state index is 12.0. The second-order valence-electron chi connectivity index (χ2n) is 4.62. The molecular weight excluding hydrogens is 294 g/mol. The van der Waals surface area contributed by atoms with Crippen molar-refractivity contribution in [2.75, 3.05) is 20.8 Å². The summed E-state index contributed by atoms with van der Waals surface area (Å²) < 4.78 is 15.7. The number of esters is 1. The number of hydrogen-bond acceptors (Lipinski definition) is 5. The summed E-state index contributed by atoms with van der Waals surface area (Å²) in [4.78, 5) is 12.0. The summed E-state index contributed by atoms with van der Waals surface area (Å²) in [7, 11) is 2.96. The number of halogens is 1. The molecule has 2 rings (SSSR count). The van der Waals surface area contributed by atoms with Crippen LogP contribution in [0.15, 0.2) is 30.4 Å². The first-order chi connectivity index (χ1) is 9.65. The van der Waals surface area contributed by atoms with Crippen molar-refractivity contribution in [2.45, 2.75) is 18.6 Å². The Morgan fingerprint density at radius 1 is 1.43 bits per heavy atom. The molecule has 0 fully saturated rings. The fraction of sp³-hybridized carbons (Fsp3) is 0.400. The van der Waals surface area contributed by atoms with E-state index >= 15 is 0 Å². The maximum Gasteiger partial charge on any atom is 0.342 e. The van der Waals surface area contributed by atoms with Crippen LogP contribution in [0.3, 0.4) is 0 Å². The minimum Gasteiger partial charge on any atom is -0.496 e. The highest BCUT2D eigenvalue weighted by molar-refractivity contribution is 5.85. The minimum atomic E-state index is -1.03. The molecule has 1 atom stereocenters. The highest BCUT2D eigenvalue weighted by Crippen LogP contribution is 2.28. The Morgan fingerprint density at radius 2 is 2.19 bits per heavy atom. The molecule has 0 aromatic heterocycles. The van der Waals surface area contributed by atoms with Crippen molar-refractivity contribution in [1.29, 1.82) is 0 Å². The Labute approximate surface area is 130 Å². The third kappa shape index (κ3) is 3.56. The van der Waals surface area contributed by atoms with Gasteiger partial charge < -0.3 is 19.9 Å². The van der Waals surface area contributed by atoms with Crippen molar-refractivity contribution in [3.8, 4) is 5.75 Å². The van der Waals surface area contributed by atoms with Crippen molar-refractivity contribution in [3.05, 3.63) is 41.5 Å². The smallest absolute Gasteiger partial charge is 0.342 e. The number of nitrogens with two attached hydrogens (primary N) is 1. The number of ether oxygens (including phenoxy) is 3. The van der Waals surface area contributed by atoms with Gasteiger partial charge in [0.15, 0.2) is 5.60 Å². The normalized spacial score (nSPS) is 20.0. The van der Waals surface area contributed by atoms with Crippen LogP contribution in [0, 0.1) is 0 Å². The molecule has 2 N–H and O–H groups in total. The summed E-state index contributed by atoms with van der Waals surface area (Å²) in [5.74, 6) is 0.350. The zero-order chi connectivity index (χ0) is 14.6. The average Bonchev–Trinajstić information content (AvgIpc) is 2.95. The molecule has 0 spiro atoms. The van der Waals surface area contributed by atoms with E-state index in [1.54, 1.807) is 13.2 Å². The number of carbonyl (C=O) groups is 1. The third-order valence-electron chi connectivity index (χ3n) is 3.39. The summed E-state index contributed by atoms with van der Waals surface area (Å²) in [5.41, 5.74) is 6.52. The molecule has 1 aromatic rings. The molecule has 1 aliphatic heterocycles. The van der Waals surface area contributed by atoms with Gasteiger partial charge in [-0.2, -0.15) is 0 Å². The van der Waals surface area contributed by atoms with Gasteiger partial charge in [-0.1, -0.05) is 18.2 Å². The van der Waals surface area contributed by atoms with Gasteiger partial charge in [0, 0.05) is 18.5 Å². The molecule has 1 aliphatic rings. The molecule has 0 aliphatic carbocycles. The second-order valence-corrected chi connectivity index (χ2v) is 4.62. The molecule has 21 heavy (non-hydrogen) atoms. The zero-order valence-electron chi connectivity index (χ0n) is 12.1. The highest BCUT2D eigenvalue weighted by Gasteiger charge is 2.40. The van der Waals surface area contributed by atoms with Crippen molar-refractivity contribution in [2.24, 2.45) is 5.73 Å². The molecule has 1 heterocycles. The first kappa shape index (κ1) is 17.5. The molecule has 0 amide bonds. The number of methoxy groups -OCH3 is 2. The van der Waals surface area contributed by atoms with Crippen LogP contribution in [-0.4, -0.2) is 32.4 Å². The minimum absolute atomic E-state index is 0. The fourth-order valence-electron chi connectivity index (χ4n) is 2.37. The van der Waals surface area contributed by atoms with Crippen LogP contribution in [0.25, 0.3) is 0 Å². The summed E-state index contributed by atoms with van der Waals surface area (Å²) in [6.45, 7) is 0.786. The van der Waals surface area contributed by atoms with Crippen molar-refractivity contribution in [1.82, 2.24) is 0 Å². The molecule has 1 aromatic carbocycles. The Balaban J connectivity index is 0.00000220. The Morgan fingerprint density at radius 3 is 2.71 bits per heavy atom. The molecule has 6 heteroatoms. The first-order valence-corrected chi connectivity index (χ1v) is 6.41. The Kier molecular flexibility index (Phi) is 6.20. The second kappa shape index (κ2) is 7.45. The average molecular weight is 314 g/mol. The third-order valence-corrected chi connectivity index (χ3v) is 3.39. The summed E-state index contributed by atoms with van der Waals surface area (Å²) in [6, 6.07) is 5.68. The lowest BCUT2D eigenvalue weighted by atomic mass is 9.93. The van der Waals surface area contributed by atoms with E-state index in [0.29, 0.717) is 19.6 Å². The number of hydrogen-bond donors (Lipinski definition) is 1. The Hall–Kier alpha value is -1.56. The van der Waals surface area contributed by atoms with Crippen LogP contribution in [0.2, 0.25) is 0 Å². The van der Waals surface area contributed by atoms with E-state index in [0.717, 1.165) is 16.9 Å². The van der Waals surface area contributed by atoms with Gasteiger partial charge in [0.2, 0.25) is 0 Å². The molecule has 0 saturated heterocycles. The molecule has 116 valence electrons. The molecule has 1 unspecified atom stereocenters. The van der Waals surface area contributed by atoms with Gasteiger partial charge in [-0.05, 0) is 17.7 Å². The topological polar surface area (TPSA) is 70.8 Å². The van der Waals surface area contributed by atoms with Crippen LogP contribution in [0.5, 0.6) is 5.75 Å². The molecule has 5 nitrogen and oxygen atoms in total. The number of carbonyl (C=O) groups excluding carboxylic acids is 1. The summed E-state index contributed by atoms with van der Waals surface area (Å²) in [6.07, 6.45) is 3.99. The lowest BCUT2D eigenvalue weighted by Gasteiger charge is -2.24. The Bertz CT molecular complexity index is 532. The number of benzene rings is 1.